The van der Waals surface area contributed by atoms with Crippen molar-refractivity contribution in [3.05, 3.63) is 65.7 Å². The maximum atomic E-state index is 13.1. The summed E-state index contributed by atoms with van der Waals surface area (Å²) in [6.07, 6.45) is 1.82. The number of aromatic nitrogens is 2. The van der Waals surface area contributed by atoms with Gasteiger partial charge in [0.15, 0.2) is 5.82 Å². The number of benzene rings is 2. The van der Waals surface area contributed by atoms with Crippen molar-refractivity contribution in [3.8, 4) is 11.5 Å². The van der Waals surface area contributed by atoms with E-state index in [2.05, 4.69) is 10.1 Å². The molecule has 0 radical (unpaired) electrons. The molecule has 0 saturated carbocycles. The standard InChI is InChI=1S/C21H18FN3O2S/c22-15-8-5-13(6-9-15)20-23-19(24-27-20)14-7-10-16-12-28-18-4-2-1-3-17(18)21(26)25(16)11-14/h1-6,8-9,14,16H,7,10-12H2/t14-,16-/m1/s1. The predicted octanol–water partition coefficient (Wildman–Crippen LogP) is 4.37. The Bertz CT molecular complexity index is 1020. The number of halogens is 1. The van der Waals surface area contributed by atoms with Gasteiger partial charge in [-0.2, -0.15) is 4.98 Å². The van der Waals surface area contributed by atoms with E-state index in [1.807, 2.05) is 29.2 Å². The molecule has 0 aliphatic carbocycles. The van der Waals surface area contributed by atoms with E-state index in [0.29, 0.717) is 23.8 Å². The lowest BCUT2D eigenvalue weighted by Crippen LogP contribution is -2.46. The van der Waals surface area contributed by atoms with Crippen LogP contribution in [0.15, 0.2) is 57.9 Å². The van der Waals surface area contributed by atoms with E-state index in [1.54, 1.807) is 23.9 Å². The molecule has 2 aliphatic rings. The van der Waals surface area contributed by atoms with Gasteiger partial charge in [-0.1, -0.05) is 17.3 Å². The van der Waals surface area contributed by atoms with E-state index in [-0.39, 0.29) is 23.7 Å². The van der Waals surface area contributed by atoms with Crippen LogP contribution in [0.25, 0.3) is 11.5 Å². The third-order valence-corrected chi connectivity index (χ3v) is 6.63. The van der Waals surface area contributed by atoms with Gasteiger partial charge < -0.3 is 9.42 Å². The van der Waals surface area contributed by atoms with Gasteiger partial charge >= 0.3 is 0 Å². The second kappa shape index (κ2) is 7.05. The van der Waals surface area contributed by atoms with Gasteiger partial charge in [0.2, 0.25) is 0 Å². The van der Waals surface area contributed by atoms with Gasteiger partial charge in [-0.15, -0.1) is 11.8 Å². The summed E-state index contributed by atoms with van der Waals surface area (Å²) in [5.74, 6) is 1.70. The molecule has 0 bridgehead atoms. The summed E-state index contributed by atoms with van der Waals surface area (Å²) >= 11 is 1.76. The Morgan fingerprint density at radius 1 is 1.11 bits per heavy atom. The maximum Gasteiger partial charge on any atom is 0.257 e. The molecule has 1 fully saturated rings. The summed E-state index contributed by atoms with van der Waals surface area (Å²) in [6, 6.07) is 14.0. The first-order valence-electron chi connectivity index (χ1n) is 9.31. The van der Waals surface area contributed by atoms with Crippen LogP contribution in [-0.4, -0.2) is 39.3 Å². The number of carbonyl (C=O) groups excluding carboxylic acids is 1. The second-order valence-corrected chi connectivity index (χ2v) is 8.22. The van der Waals surface area contributed by atoms with E-state index >= 15 is 0 Å². The van der Waals surface area contributed by atoms with Gasteiger partial charge in [-0.3, -0.25) is 4.79 Å². The van der Waals surface area contributed by atoms with Crippen molar-refractivity contribution in [2.75, 3.05) is 12.3 Å². The van der Waals surface area contributed by atoms with Crippen molar-refractivity contribution >= 4 is 17.7 Å². The zero-order valence-corrected chi connectivity index (χ0v) is 15.9. The molecule has 0 spiro atoms. The third kappa shape index (κ3) is 3.09. The largest absolute Gasteiger partial charge is 0.334 e. The lowest BCUT2D eigenvalue weighted by atomic mass is 9.92. The number of thioether (sulfide) groups is 1. The smallest absolute Gasteiger partial charge is 0.257 e. The van der Waals surface area contributed by atoms with Crippen molar-refractivity contribution in [1.29, 1.82) is 0 Å². The summed E-state index contributed by atoms with van der Waals surface area (Å²) in [5.41, 5.74) is 1.46. The number of piperidine rings is 1. The van der Waals surface area contributed by atoms with Gasteiger partial charge in [-0.25, -0.2) is 4.39 Å². The number of hydrogen-bond donors (Lipinski definition) is 0. The fourth-order valence-electron chi connectivity index (χ4n) is 3.88. The molecule has 0 unspecified atom stereocenters. The van der Waals surface area contributed by atoms with Crippen molar-refractivity contribution in [1.82, 2.24) is 15.0 Å². The van der Waals surface area contributed by atoms with Crippen molar-refractivity contribution in [2.24, 2.45) is 0 Å². The number of rotatable bonds is 2. The average Bonchev–Trinajstić information content (AvgIpc) is 3.17. The Hall–Kier alpha value is -2.67. The molecule has 3 heterocycles. The van der Waals surface area contributed by atoms with Gasteiger partial charge in [0.25, 0.3) is 11.8 Å². The maximum absolute atomic E-state index is 13.1. The number of carbonyl (C=O) groups is 1. The molecule has 0 N–H and O–H groups in total. The van der Waals surface area contributed by atoms with E-state index in [1.165, 1.54) is 12.1 Å². The molecule has 7 heteroatoms. The highest BCUT2D eigenvalue weighted by atomic mass is 32.2. The molecule has 142 valence electrons. The topological polar surface area (TPSA) is 59.2 Å². The molecule has 2 aliphatic heterocycles. The van der Waals surface area contributed by atoms with Crippen LogP contribution in [-0.2, 0) is 0 Å². The van der Waals surface area contributed by atoms with Crippen LogP contribution < -0.4 is 0 Å². The minimum Gasteiger partial charge on any atom is -0.334 e. The van der Waals surface area contributed by atoms with Gasteiger partial charge in [0.1, 0.15) is 5.82 Å². The first-order chi connectivity index (χ1) is 13.7. The zero-order valence-electron chi connectivity index (χ0n) is 15.0. The minimum atomic E-state index is -0.306. The number of amides is 1. The van der Waals surface area contributed by atoms with Gasteiger partial charge in [0.05, 0.1) is 5.56 Å². The lowest BCUT2D eigenvalue weighted by molar-refractivity contribution is 0.0611. The van der Waals surface area contributed by atoms with Crippen molar-refractivity contribution in [3.63, 3.8) is 0 Å². The van der Waals surface area contributed by atoms with Crippen LogP contribution >= 0.6 is 11.8 Å². The second-order valence-electron chi connectivity index (χ2n) is 7.16. The van der Waals surface area contributed by atoms with E-state index in [4.69, 9.17) is 4.52 Å². The van der Waals surface area contributed by atoms with Crippen LogP contribution in [0.4, 0.5) is 4.39 Å². The Kier molecular flexibility index (Phi) is 4.39. The Balaban J connectivity index is 1.39. The van der Waals surface area contributed by atoms with Crippen LogP contribution in [0.5, 0.6) is 0 Å². The third-order valence-electron chi connectivity index (χ3n) is 5.41. The molecule has 2 atom stereocenters. The first kappa shape index (κ1) is 17.4. The minimum absolute atomic E-state index is 0.0356. The molecule has 5 nitrogen and oxygen atoms in total. The summed E-state index contributed by atoms with van der Waals surface area (Å²) < 4.78 is 18.5. The van der Waals surface area contributed by atoms with Crippen molar-refractivity contribution in [2.45, 2.75) is 29.7 Å². The fraction of sp³-hybridized carbons (Fsp3) is 0.286. The summed E-state index contributed by atoms with van der Waals surface area (Å²) in [7, 11) is 0. The Morgan fingerprint density at radius 3 is 2.79 bits per heavy atom. The van der Waals surface area contributed by atoms with Crippen LogP contribution in [0.1, 0.15) is 34.9 Å². The molecule has 1 amide bonds. The first-order valence-corrected chi connectivity index (χ1v) is 10.3. The summed E-state index contributed by atoms with van der Waals surface area (Å²) in [5, 5.41) is 4.15. The highest BCUT2D eigenvalue weighted by Crippen LogP contribution is 2.37. The van der Waals surface area contributed by atoms with E-state index in [0.717, 1.165) is 29.1 Å². The van der Waals surface area contributed by atoms with Gasteiger partial charge in [0, 0.05) is 34.7 Å². The molecular formula is C21H18FN3O2S. The molecule has 1 saturated heterocycles. The Labute approximate surface area is 165 Å². The number of fused-ring (bicyclic) bond motifs is 2. The van der Waals surface area contributed by atoms with E-state index < -0.39 is 0 Å². The molecule has 2 aromatic carbocycles. The molecule has 3 aromatic rings. The highest BCUT2D eigenvalue weighted by molar-refractivity contribution is 7.99. The van der Waals surface area contributed by atoms with Gasteiger partial charge in [-0.05, 0) is 49.2 Å². The lowest BCUT2D eigenvalue weighted by Gasteiger charge is -2.37. The van der Waals surface area contributed by atoms with Crippen LogP contribution in [0.2, 0.25) is 0 Å². The normalized spacial score (nSPS) is 21.8. The molecule has 28 heavy (non-hydrogen) atoms. The fourth-order valence-corrected chi connectivity index (χ4v) is 5.08. The monoisotopic (exact) mass is 395 g/mol. The SMILES string of the molecule is O=C1c2ccccc2SC[C@H]2CC[C@@H](c3noc(-c4ccc(F)cc4)n3)CN12. The predicted molar refractivity (Wildman–Crippen MR) is 104 cm³/mol. The average molecular weight is 395 g/mol. The molecular weight excluding hydrogens is 377 g/mol. The summed E-state index contributed by atoms with van der Waals surface area (Å²) in [4.78, 5) is 20.7. The van der Waals surface area contributed by atoms with Crippen molar-refractivity contribution < 1.29 is 13.7 Å². The number of hydrogen-bond acceptors (Lipinski definition) is 5. The number of nitrogens with zero attached hydrogens (tertiary/aromatic N) is 3. The quantitative estimate of drug-likeness (QED) is 0.645. The van der Waals surface area contributed by atoms with E-state index in [9.17, 15) is 9.18 Å². The van der Waals surface area contributed by atoms with Crippen LogP contribution in [0.3, 0.4) is 0 Å². The van der Waals surface area contributed by atoms with Crippen LogP contribution in [0, 0.1) is 5.82 Å². The zero-order chi connectivity index (χ0) is 19.1. The Morgan fingerprint density at radius 2 is 1.93 bits per heavy atom. The summed E-state index contributed by atoms with van der Waals surface area (Å²) in [6.45, 7) is 0.584. The molecule has 1 aromatic heterocycles. The highest BCUT2D eigenvalue weighted by Gasteiger charge is 2.37. The molecule has 5 rings (SSSR count).